The van der Waals surface area contributed by atoms with Gasteiger partial charge < -0.3 is 10.6 Å². The highest BCUT2D eigenvalue weighted by Crippen LogP contribution is 2.28. The Labute approximate surface area is 142 Å². The van der Waals surface area contributed by atoms with Crippen LogP contribution in [0, 0.1) is 12.7 Å². The molecule has 2 aromatic carbocycles. The van der Waals surface area contributed by atoms with E-state index in [0.29, 0.717) is 18.0 Å². The maximum absolute atomic E-state index is 14.6. The molecule has 0 unspecified atom stereocenters. The van der Waals surface area contributed by atoms with Gasteiger partial charge >= 0.3 is 0 Å². The van der Waals surface area contributed by atoms with Crippen molar-refractivity contribution in [1.82, 2.24) is 10.6 Å². The van der Waals surface area contributed by atoms with Crippen LogP contribution in [0.1, 0.15) is 45.8 Å². The number of carbonyl (C=O) groups excluding carboxylic acids is 1. The van der Waals surface area contributed by atoms with Gasteiger partial charge in [0.1, 0.15) is 5.82 Å². The minimum atomic E-state index is -0.422. The van der Waals surface area contributed by atoms with Gasteiger partial charge in [0.2, 0.25) is 0 Å². The molecule has 0 bridgehead atoms. The predicted octanol–water partition coefficient (Wildman–Crippen LogP) is 3.53. The van der Waals surface area contributed by atoms with Gasteiger partial charge in [-0.25, -0.2) is 4.39 Å². The molecule has 1 heterocycles. The third kappa shape index (κ3) is 3.82. The Balaban J connectivity index is 1.74. The van der Waals surface area contributed by atoms with E-state index in [2.05, 4.69) is 10.6 Å². The molecule has 3 nitrogen and oxygen atoms in total. The summed E-state index contributed by atoms with van der Waals surface area (Å²) in [4.78, 5) is 12.4. The lowest BCUT2D eigenvalue weighted by atomic mass is 9.88. The van der Waals surface area contributed by atoms with E-state index >= 15 is 0 Å². The summed E-state index contributed by atoms with van der Waals surface area (Å²) in [6.45, 7) is 4.13. The van der Waals surface area contributed by atoms with E-state index in [4.69, 9.17) is 0 Å². The molecule has 1 saturated heterocycles. The molecule has 1 amide bonds. The van der Waals surface area contributed by atoms with Crippen molar-refractivity contribution in [2.75, 3.05) is 13.1 Å². The SMILES string of the molecule is Cc1cc(C2CCNCC2)cc(F)c1C(=O)NCc1ccccc1. The monoisotopic (exact) mass is 326 g/mol. The normalized spacial score (nSPS) is 15.2. The molecule has 0 saturated carbocycles. The first-order valence-electron chi connectivity index (χ1n) is 8.48. The van der Waals surface area contributed by atoms with E-state index in [0.717, 1.165) is 37.1 Å². The van der Waals surface area contributed by atoms with Crippen molar-refractivity contribution in [2.45, 2.75) is 32.2 Å². The lowest BCUT2D eigenvalue weighted by molar-refractivity contribution is 0.0946. The summed E-state index contributed by atoms with van der Waals surface area (Å²) in [6, 6.07) is 13.1. The largest absolute Gasteiger partial charge is 0.348 e. The average Bonchev–Trinajstić information content (AvgIpc) is 2.61. The molecule has 0 aromatic heterocycles. The highest BCUT2D eigenvalue weighted by Gasteiger charge is 2.20. The third-order valence-electron chi connectivity index (χ3n) is 4.64. The number of hydrogen-bond donors (Lipinski definition) is 2. The van der Waals surface area contributed by atoms with Gasteiger partial charge in [0.05, 0.1) is 5.56 Å². The van der Waals surface area contributed by atoms with Gasteiger partial charge in [-0.1, -0.05) is 36.4 Å². The van der Waals surface area contributed by atoms with Gasteiger partial charge in [-0.2, -0.15) is 0 Å². The van der Waals surface area contributed by atoms with Crippen molar-refractivity contribution in [1.29, 1.82) is 0 Å². The molecular formula is C20H23FN2O. The number of nitrogens with one attached hydrogen (secondary N) is 2. The summed E-state index contributed by atoms with van der Waals surface area (Å²) in [6.07, 6.45) is 2.02. The highest BCUT2D eigenvalue weighted by molar-refractivity contribution is 5.96. The zero-order valence-corrected chi connectivity index (χ0v) is 13.9. The topological polar surface area (TPSA) is 41.1 Å². The number of carbonyl (C=O) groups is 1. The summed E-state index contributed by atoms with van der Waals surface area (Å²) in [5.41, 5.74) is 2.86. The lowest BCUT2D eigenvalue weighted by Gasteiger charge is -2.24. The van der Waals surface area contributed by atoms with Gasteiger partial charge in [0, 0.05) is 6.54 Å². The van der Waals surface area contributed by atoms with Crippen LogP contribution in [0.3, 0.4) is 0 Å². The van der Waals surface area contributed by atoms with Crippen LogP contribution < -0.4 is 10.6 Å². The fourth-order valence-corrected chi connectivity index (χ4v) is 3.32. The summed E-state index contributed by atoms with van der Waals surface area (Å²) >= 11 is 0. The van der Waals surface area contributed by atoms with Crippen LogP contribution in [0.15, 0.2) is 42.5 Å². The first kappa shape index (κ1) is 16.7. The summed E-state index contributed by atoms with van der Waals surface area (Å²) in [5, 5.41) is 6.12. The van der Waals surface area contributed by atoms with Crippen LogP contribution in [0.4, 0.5) is 4.39 Å². The molecule has 0 aliphatic carbocycles. The zero-order chi connectivity index (χ0) is 16.9. The molecule has 1 fully saturated rings. The van der Waals surface area contributed by atoms with E-state index in [1.165, 1.54) is 0 Å². The number of benzene rings is 2. The molecular weight excluding hydrogens is 303 g/mol. The second-order valence-electron chi connectivity index (χ2n) is 6.39. The minimum absolute atomic E-state index is 0.156. The minimum Gasteiger partial charge on any atom is -0.348 e. The van der Waals surface area contributed by atoms with Crippen molar-refractivity contribution >= 4 is 5.91 Å². The van der Waals surface area contributed by atoms with Crippen LogP contribution in [0.2, 0.25) is 0 Å². The second kappa shape index (κ2) is 7.58. The summed E-state index contributed by atoms with van der Waals surface area (Å²) in [5.74, 6) is -0.402. The number of halogens is 1. The van der Waals surface area contributed by atoms with E-state index in [9.17, 15) is 9.18 Å². The quantitative estimate of drug-likeness (QED) is 0.902. The predicted molar refractivity (Wildman–Crippen MR) is 93.6 cm³/mol. The Bertz CT molecular complexity index is 686. The maximum Gasteiger partial charge on any atom is 0.254 e. The number of aryl methyl sites for hydroxylation is 1. The molecule has 1 aliphatic heterocycles. The van der Waals surface area contributed by atoms with Gasteiger partial charge in [-0.15, -0.1) is 0 Å². The molecule has 0 spiro atoms. The fourth-order valence-electron chi connectivity index (χ4n) is 3.32. The maximum atomic E-state index is 14.6. The van der Waals surface area contributed by atoms with E-state index in [1.807, 2.05) is 43.3 Å². The zero-order valence-electron chi connectivity index (χ0n) is 13.9. The molecule has 126 valence electrons. The van der Waals surface area contributed by atoms with Gasteiger partial charge in [-0.3, -0.25) is 4.79 Å². The van der Waals surface area contributed by atoms with Crippen LogP contribution >= 0.6 is 0 Å². The van der Waals surface area contributed by atoms with Gasteiger partial charge in [0.15, 0.2) is 0 Å². The number of rotatable bonds is 4. The van der Waals surface area contributed by atoms with E-state index < -0.39 is 5.82 Å². The Morgan fingerprint density at radius 2 is 1.92 bits per heavy atom. The fraction of sp³-hybridized carbons (Fsp3) is 0.350. The number of hydrogen-bond acceptors (Lipinski definition) is 2. The third-order valence-corrected chi connectivity index (χ3v) is 4.64. The Hall–Kier alpha value is -2.20. The Morgan fingerprint density at radius 1 is 1.21 bits per heavy atom. The molecule has 2 aromatic rings. The summed E-state index contributed by atoms with van der Waals surface area (Å²) < 4.78 is 14.6. The van der Waals surface area contributed by atoms with E-state index in [-0.39, 0.29) is 11.5 Å². The summed E-state index contributed by atoms with van der Waals surface area (Å²) in [7, 11) is 0. The van der Waals surface area contributed by atoms with Crippen molar-refractivity contribution in [2.24, 2.45) is 0 Å². The van der Waals surface area contributed by atoms with Crippen molar-refractivity contribution < 1.29 is 9.18 Å². The smallest absolute Gasteiger partial charge is 0.254 e. The van der Waals surface area contributed by atoms with Gasteiger partial charge in [-0.05, 0) is 61.5 Å². The Morgan fingerprint density at radius 3 is 2.58 bits per heavy atom. The molecule has 3 rings (SSSR count). The molecule has 24 heavy (non-hydrogen) atoms. The number of amides is 1. The molecule has 2 N–H and O–H groups in total. The van der Waals surface area contributed by atoms with Crippen LogP contribution in [0.25, 0.3) is 0 Å². The Kier molecular flexibility index (Phi) is 5.26. The van der Waals surface area contributed by atoms with Crippen molar-refractivity contribution in [3.63, 3.8) is 0 Å². The highest BCUT2D eigenvalue weighted by atomic mass is 19.1. The number of piperidine rings is 1. The average molecular weight is 326 g/mol. The standard InChI is InChI=1S/C20H23FN2O/c1-14-11-17(16-7-9-22-10-8-16)12-18(21)19(14)20(24)23-13-15-5-3-2-4-6-15/h2-6,11-12,16,22H,7-10,13H2,1H3,(H,23,24). The van der Waals surface area contributed by atoms with Crippen molar-refractivity contribution in [3.05, 3.63) is 70.5 Å². The molecule has 0 atom stereocenters. The van der Waals surface area contributed by atoms with Crippen molar-refractivity contribution in [3.8, 4) is 0 Å². The van der Waals surface area contributed by atoms with Gasteiger partial charge in [0.25, 0.3) is 5.91 Å². The second-order valence-corrected chi connectivity index (χ2v) is 6.39. The van der Waals surface area contributed by atoms with Crippen LogP contribution in [0.5, 0.6) is 0 Å². The van der Waals surface area contributed by atoms with E-state index in [1.54, 1.807) is 6.07 Å². The van der Waals surface area contributed by atoms with Crippen LogP contribution in [-0.2, 0) is 6.54 Å². The molecule has 0 radical (unpaired) electrons. The first-order valence-corrected chi connectivity index (χ1v) is 8.48. The molecule has 4 heteroatoms. The first-order chi connectivity index (χ1) is 11.6. The lowest BCUT2D eigenvalue weighted by Crippen LogP contribution is -2.27. The molecule has 1 aliphatic rings. The van der Waals surface area contributed by atoms with Crippen LogP contribution in [-0.4, -0.2) is 19.0 Å².